The molecule has 3 aromatic carbocycles. The third kappa shape index (κ3) is 2.87. The molecule has 6 nitrogen and oxygen atoms in total. The van der Waals surface area contributed by atoms with Crippen molar-refractivity contribution in [1.29, 1.82) is 0 Å². The van der Waals surface area contributed by atoms with E-state index in [0.717, 1.165) is 22.4 Å². The molecule has 3 heterocycles. The molecule has 0 bridgehead atoms. The Balaban J connectivity index is 1.55. The summed E-state index contributed by atoms with van der Waals surface area (Å²) in [4.78, 5) is 29.4. The quantitative estimate of drug-likeness (QED) is 0.594. The van der Waals surface area contributed by atoms with E-state index in [4.69, 9.17) is 12.2 Å². The Bertz CT molecular complexity index is 1300. The van der Waals surface area contributed by atoms with E-state index < -0.39 is 11.6 Å². The third-order valence-electron chi connectivity index (χ3n) is 7.05. The normalized spacial score (nSPS) is 26.1. The summed E-state index contributed by atoms with van der Waals surface area (Å²) in [5.74, 6) is -0.332. The lowest BCUT2D eigenvalue weighted by Crippen LogP contribution is -2.69. The van der Waals surface area contributed by atoms with Gasteiger partial charge in [-0.15, -0.1) is 0 Å². The summed E-state index contributed by atoms with van der Waals surface area (Å²) in [6.45, 7) is 2.85. The van der Waals surface area contributed by atoms with Gasteiger partial charge in [0.15, 0.2) is 10.7 Å². The predicted octanol–water partition coefficient (Wildman–Crippen LogP) is 3.75. The number of hydrazine groups is 1. The van der Waals surface area contributed by atoms with E-state index in [1.807, 2.05) is 102 Å². The average molecular weight is 469 g/mol. The van der Waals surface area contributed by atoms with Crippen LogP contribution in [0.25, 0.3) is 0 Å². The van der Waals surface area contributed by atoms with Crippen LogP contribution in [0.5, 0.6) is 0 Å². The Morgan fingerprint density at radius 1 is 0.941 bits per heavy atom. The first-order chi connectivity index (χ1) is 16.5. The first-order valence-corrected chi connectivity index (χ1v) is 11.9. The molecule has 3 aromatic rings. The van der Waals surface area contributed by atoms with Crippen LogP contribution in [0.4, 0.5) is 5.69 Å². The van der Waals surface area contributed by atoms with Crippen molar-refractivity contribution >= 4 is 34.8 Å². The summed E-state index contributed by atoms with van der Waals surface area (Å²) < 4.78 is 0. The maximum Gasteiger partial charge on any atom is 0.259 e. The highest BCUT2D eigenvalue weighted by Crippen LogP contribution is 2.53. The molecule has 0 aliphatic carbocycles. The lowest BCUT2D eigenvalue weighted by molar-refractivity contribution is -0.144. The fourth-order valence-electron chi connectivity index (χ4n) is 5.57. The van der Waals surface area contributed by atoms with Crippen molar-refractivity contribution < 1.29 is 9.59 Å². The average Bonchev–Trinajstić information content (AvgIpc) is 3.28. The van der Waals surface area contributed by atoms with Gasteiger partial charge in [-0.3, -0.25) is 9.59 Å². The summed E-state index contributed by atoms with van der Waals surface area (Å²) in [7, 11) is 0. The molecule has 34 heavy (non-hydrogen) atoms. The highest BCUT2D eigenvalue weighted by Gasteiger charge is 2.64. The van der Waals surface area contributed by atoms with Gasteiger partial charge in [0.05, 0.1) is 24.2 Å². The van der Waals surface area contributed by atoms with Gasteiger partial charge in [0.2, 0.25) is 5.91 Å². The van der Waals surface area contributed by atoms with E-state index in [-0.39, 0.29) is 22.8 Å². The molecule has 3 aliphatic heterocycles. The van der Waals surface area contributed by atoms with E-state index in [1.165, 1.54) is 0 Å². The number of hydrogen-bond donors (Lipinski definition) is 1. The lowest BCUT2D eigenvalue weighted by atomic mass is 9.79. The summed E-state index contributed by atoms with van der Waals surface area (Å²) in [6, 6.07) is 27.4. The summed E-state index contributed by atoms with van der Waals surface area (Å²) >= 11 is 5.72. The van der Waals surface area contributed by atoms with E-state index >= 15 is 0 Å². The number of thiocarbonyl (C=S) groups is 1. The molecule has 7 heteroatoms. The number of amides is 2. The van der Waals surface area contributed by atoms with Crippen LogP contribution < -0.4 is 10.2 Å². The standard InChI is InChI=1S/C27H24N4O2S/c1-18-16-30-23(20-12-6-3-7-13-20)27(28-26(34)31(30)24(18)32)21-14-8-9-15-22(21)29(25(27)33)17-19-10-4-2-5-11-19/h2-15,18,23H,16-17H2,1H3,(H,28,34)/t18?,23-,27+/m0/s1. The van der Waals surface area contributed by atoms with Crippen molar-refractivity contribution in [2.75, 3.05) is 11.4 Å². The zero-order valence-electron chi connectivity index (χ0n) is 18.7. The van der Waals surface area contributed by atoms with Crippen LogP contribution in [0.1, 0.15) is 29.7 Å². The van der Waals surface area contributed by atoms with Crippen molar-refractivity contribution in [3.05, 3.63) is 102 Å². The van der Waals surface area contributed by atoms with Crippen LogP contribution in [-0.4, -0.2) is 33.5 Å². The SMILES string of the molecule is CC1CN2[C@@H](c3ccccc3)[C@@]3(NC(=S)N2C1=O)C(=O)N(Cc1ccccc1)c1ccccc13. The van der Waals surface area contributed by atoms with Crippen LogP contribution >= 0.6 is 12.2 Å². The van der Waals surface area contributed by atoms with Gasteiger partial charge in [-0.2, -0.15) is 0 Å². The number of nitrogens with zero attached hydrogens (tertiary/aromatic N) is 3. The van der Waals surface area contributed by atoms with E-state index in [9.17, 15) is 9.59 Å². The number of carbonyl (C=O) groups excluding carboxylic acids is 2. The minimum absolute atomic E-state index is 0.0480. The second-order valence-electron chi connectivity index (χ2n) is 9.12. The first kappa shape index (κ1) is 21.0. The van der Waals surface area contributed by atoms with Crippen LogP contribution in [0.3, 0.4) is 0 Å². The molecule has 1 N–H and O–H groups in total. The molecular formula is C27H24N4O2S. The predicted molar refractivity (Wildman–Crippen MR) is 133 cm³/mol. The second-order valence-corrected chi connectivity index (χ2v) is 9.51. The van der Waals surface area contributed by atoms with Gasteiger partial charge in [0.1, 0.15) is 0 Å². The molecule has 3 atom stereocenters. The molecule has 170 valence electrons. The zero-order valence-corrected chi connectivity index (χ0v) is 19.5. The highest BCUT2D eigenvalue weighted by molar-refractivity contribution is 7.80. The fraction of sp³-hybridized carbons (Fsp3) is 0.222. The van der Waals surface area contributed by atoms with Gasteiger partial charge in [-0.25, -0.2) is 10.0 Å². The number of hydrogen-bond acceptors (Lipinski definition) is 4. The van der Waals surface area contributed by atoms with Crippen molar-refractivity contribution in [3.63, 3.8) is 0 Å². The zero-order chi connectivity index (χ0) is 23.4. The minimum Gasteiger partial charge on any atom is -0.341 e. The Morgan fingerprint density at radius 3 is 2.32 bits per heavy atom. The van der Waals surface area contributed by atoms with Gasteiger partial charge in [0.25, 0.3) is 5.91 Å². The lowest BCUT2D eigenvalue weighted by Gasteiger charge is -2.50. The smallest absolute Gasteiger partial charge is 0.259 e. The number of para-hydroxylation sites is 1. The molecule has 3 aliphatic rings. The summed E-state index contributed by atoms with van der Waals surface area (Å²) in [6.07, 6.45) is 0. The van der Waals surface area contributed by atoms with Crippen molar-refractivity contribution in [3.8, 4) is 0 Å². The van der Waals surface area contributed by atoms with Crippen LogP contribution in [-0.2, 0) is 21.7 Å². The van der Waals surface area contributed by atoms with Crippen LogP contribution in [0.15, 0.2) is 84.9 Å². The molecular weight excluding hydrogens is 444 g/mol. The van der Waals surface area contributed by atoms with Gasteiger partial charge in [-0.05, 0) is 29.4 Å². The van der Waals surface area contributed by atoms with Crippen LogP contribution in [0.2, 0.25) is 0 Å². The number of nitrogens with one attached hydrogen (secondary N) is 1. The van der Waals surface area contributed by atoms with E-state index in [2.05, 4.69) is 5.32 Å². The van der Waals surface area contributed by atoms with Gasteiger partial charge in [0, 0.05) is 12.1 Å². The summed E-state index contributed by atoms with van der Waals surface area (Å²) in [5, 5.41) is 7.20. The highest BCUT2D eigenvalue weighted by atomic mass is 32.1. The second kappa shape index (κ2) is 7.75. The molecule has 2 fully saturated rings. The monoisotopic (exact) mass is 468 g/mol. The molecule has 1 spiro atoms. The Hall–Kier alpha value is -3.55. The number of anilines is 1. The summed E-state index contributed by atoms with van der Waals surface area (Å²) in [5.41, 5.74) is 2.58. The molecule has 0 saturated carbocycles. The number of fused-ring (bicyclic) bond motifs is 3. The third-order valence-corrected chi connectivity index (χ3v) is 7.33. The molecule has 6 rings (SSSR count). The van der Waals surface area contributed by atoms with Crippen molar-refractivity contribution in [1.82, 2.24) is 15.3 Å². The molecule has 0 aromatic heterocycles. The number of rotatable bonds is 3. The Kier molecular flexibility index (Phi) is 4.79. The Morgan fingerprint density at radius 2 is 1.59 bits per heavy atom. The largest absolute Gasteiger partial charge is 0.341 e. The number of carbonyl (C=O) groups is 2. The maximum absolute atomic E-state index is 14.5. The van der Waals surface area contributed by atoms with Crippen molar-refractivity contribution in [2.45, 2.75) is 25.0 Å². The van der Waals surface area contributed by atoms with E-state index in [1.54, 1.807) is 5.01 Å². The van der Waals surface area contributed by atoms with Crippen LogP contribution in [0, 0.1) is 5.92 Å². The van der Waals surface area contributed by atoms with Gasteiger partial charge < -0.3 is 10.2 Å². The van der Waals surface area contributed by atoms with Gasteiger partial charge >= 0.3 is 0 Å². The topological polar surface area (TPSA) is 55.9 Å². The molecule has 2 saturated heterocycles. The Labute approximate surface area is 203 Å². The maximum atomic E-state index is 14.5. The van der Waals surface area contributed by atoms with Gasteiger partial charge in [-0.1, -0.05) is 85.8 Å². The fourth-order valence-corrected chi connectivity index (χ4v) is 5.93. The molecule has 2 amide bonds. The first-order valence-electron chi connectivity index (χ1n) is 11.5. The number of benzene rings is 3. The molecule has 0 radical (unpaired) electrons. The molecule has 1 unspecified atom stereocenters. The van der Waals surface area contributed by atoms with E-state index in [0.29, 0.717) is 13.1 Å². The minimum atomic E-state index is -1.15. The van der Waals surface area contributed by atoms with Crippen molar-refractivity contribution in [2.24, 2.45) is 5.92 Å².